The summed E-state index contributed by atoms with van der Waals surface area (Å²) in [4.78, 5) is 12.1. The number of anilines is 2. The fraction of sp³-hybridized carbons (Fsp3) is 0.133. The van der Waals surface area contributed by atoms with E-state index in [1.54, 1.807) is 37.3 Å². The van der Waals surface area contributed by atoms with Gasteiger partial charge in [0.05, 0.1) is 11.4 Å². The van der Waals surface area contributed by atoms with Crippen LogP contribution in [0.2, 0.25) is 0 Å². The average Bonchev–Trinajstić information content (AvgIpc) is 2.50. The summed E-state index contributed by atoms with van der Waals surface area (Å²) in [6.45, 7) is 1.56. The maximum atomic E-state index is 12.1. The number of hydrogen-bond acceptors (Lipinski definition) is 3. The highest BCUT2D eigenvalue weighted by atomic mass is 79.9. The topological polar surface area (TPSA) is 75.3 Å². The van der Waals surface area contributed by atoms with Crippen molar-refractivity contribution in [1.82, 2.24) is 0 Å². The van der Waals surface area contributed by atoms with Crippen molar-refractivity contribution in [3.8, 4) is 0 Å². The summed E-state index contributed by atoms with van der Waals surface area (Å²) in [7, 11) is -3.32. The number of para-hydroxylation sites is 1. The zero-order chi connectivity index (χ0) is 16.2. The number of sulfonamides is 1. The fourth-order valence-corrected chi connectivity index (χ4v) is 2.72. The number of hydrogen-bond donors (Lipinski definition) is 2. The predicted octanol–water partition coefficient (Wildman–Crippen LogP) is 3.46. The molecule has 0 saturated heterocycles. The van der Waals surface area contributed by atoms with Crippen molar-refractivity contribution in [3.63, 3.8) is 0 Å². The van der Waals surface area contributed by atoms with Gasteiger partial charge in [-0.25, -0.2) is 8.42 Å². The van der Waals surface area contributed by atoms with E-state index in [0.717, 1.165) is 4.47 Å². The second-order valence-corrected chi connectivity index (χ2v) is 7.38. The van der Waals surface area contributed by atoms with E-state index in [4.69, 9.17) is 0 Å². The molecular formula is C15H15BrN2O3S. The molecule has 0 heterocycles. The zero-order valence-corrected chi connectivity index (χ0v) is 14.2. The van der Waals surface area contributed by atoms with Crippen molar-refractivity contribution in [2.45, 2.75) is 6.92 Å². The molecule has 0 unspecified atom stereocenters. The minimum atomic E-state index is -3.32. The molecule has 0 aromatic heterocycles. The van der Waals surface area contributed by atoms with Crippen molar-refractivity contribution in [1.29, 1.82) is 0 Å². The van der Waals surface area contributed by atoms with Gasteiger partial charge in [0.15, 0.2) is 0 Å². The van der Waals surface area contributed by atoms with Crippen molar-refractivity contribution >= 4 is 43.2 Å². The third-order valence-corrected chi connectivity index (χ3v) is 4.92. The number of carbonyl (C=O) groups excluding carboxylic acids is 1. The van der Waals surface area contributed by atoms with Crippen LogP contribution in [0.1, 0.15) is 17.3 Å². The van der Waals surface area contributed by atoms with Gasteiger partial charge < -0.3 is 5.32 Å². The first-order valence-electron chi connectivity index (χ1n) is 6.58. The van der Waals surface area contributed by atoms with Crippen LogP contribution in [-0.2, 0) is 10.0 Å². The van der Waals surface area contributed by atoms with Crippen LogP contribution in [0.15, 0.2) is 53.0 Å². The van der Waals surface area contributed by atoms with Crippen molar-refractivity contribution in [2.24, 2.45) is 0 Å². The van der Waals surface area contributed by atoms with Gasteiger partial charge in [-0.15, -0.1) is 0 Å². The first kappa shape index (κ1) is 16.5. The van der Waals surface area contributed by atoms with Gasteiger partial charge in [-0.3, -0.25) is 9.52 Å². The number of amides is 1. The minimum absolute atomic E-state index is 0.00271. The van der Waals surface area contributed by atoms with Crippen LogP contribution in [0.3, 0.4) is 0 Å². The summed E-state index contributed by atoms with van der Waals surface area (Å²) in [5.74, 6) is -0.270. The van der Waals surface area contributed by atoms with Gasteiger partial charge in [-0.1, -0.05) is 12.1 Å². The highest BCUT2D eigenvalue weighted by Crippen LogP contribution is 2.22. The number of halogens is 1. The summed E-state index contributed by atoms with van der Waals surface area (Å²) in [6, 6.07) is 13.5. The Hall–Kier alpha value is -1.86. The van der Waals surface area contributed by atoms with Gasteiger partial charge in [0, 0.05) is 15.7 Å². The maximum Gasteiger partial charge on any atom is 0.255 e. The molecular weight excluding hydrogens is 368 g/mol. The summed E-state index contributed by atoms with van der Waals surface area (Å²) in [5.41, 5.74) is 1.54. The minimum Gasteiger partial charge on any atom is -0.321 e. The summed E-state index contributed by atoms with van der Waals surface area (Å²) in [5, 5.41) is 2.78. The second kappa shape index (κ2) is 6.93. The summed E-state index contributed by atoms with van der Waals surface area (Å²) >= 11 is 3.36. The molecule has 0 aliphatic carbocycles. The van der Waals surface area contributed by atoms with Crippen LogP contribution in [0.25, 0.3) is 0 Å². The van der Waals surface area contributed by atoms with Gasteiger partial charge >= 0.3 is 0 Å². The van der Waals surface area contributed by atoms with E-state index in [2.05, 4.69) is 26.0 Å². The Balaban J connectivity index is 2.10. The molecule has 1 amide bonds. The molecule has 2 aromatic carbocycles. The number of nitrogens with one attached hydrogen (secondary N) is 2. The van der Waals surface area contributed by atoms with E-state index in [0.29, 0.717) is 16.9 Å². The average molecular weight is 383 g/mol. The molecule has 0 bridgehead atoms. The highest BCUT2D eigenvalue weighted by molar-refractivity contribution is 9.10. The lowest BCUT2D eigenvalue weighted by Crippen LogP contribution is -2.15. The standard InChI is InChI=1S/C15H15BrN2O3S/c1-2-22(20,21)18-12-9-7-11(8-10-12)15(19)17-14-6-4-3-5-13(14)16/h3-10,18H,2H2,1H3,(H,17,19). The quantitative estimate of drug-likeness (QED) is 0.830. The van der Waals surface area contributed by atoms with Crippen LogP contribution in [0.4, 0.5) is 11.4 Å². The van der Waals surface area contributed by atoms with Crippen LogP contribution >= 0.6 is 15.9 Å². The van der Waals surface area contributed by atoms with Crippen LogP contribution in [0, 0.1) is 0 Å². The van der Waals surface area contributed by atoms with E-state index in [9.17, 15) is 13.2 Å². The maximum absolute atomic E-state index is 12.1. The monoisotopic (exact) mass is 382 g/mol. The predicted molar refractivity (Wildman–Crippen MR) is 91.6 cm³/mol. The number of carbonyl (C=O) groups is 1. The molecule has 0 fully saturated rings. The van der Waals surface area contributed by atoms with Crippen molar-refractivity contribution in [2.75, 3.05) is 15.8 Å². The molecule has 0 spiro atoms. The largest absolute Gasteiger partial charge is 0.321 e. The van der Waals surface area contributed by atoms with Crippen molar-refractivity contribution < 1.29 is 13.2 Å². The lowest BCUT2D eigenvalue weighted by Gasteiger charge is -2.09. The fourth-order valence-electron chi connectivity index (χ4n) is 1.70. The van der Waals surface area contributed by atoms with Gasteiger partial charge in [0.25, 0.3) is 5.91 Å². The smallest absolute Gasteiger partial charge is 0.255 e. The van der Waals surface area contributed by atoms with E-state index < -0.39 is 10.0 Å². The molecule has 22 heavy (non-hydrogen) atoms. The molecule has 0 saturated carbocycles. The van der Waals surface area contributed by atoms with E-state index in [1.807, 2.05) is 18.2 Å². The molecule has 0 aliphatic heterocycles. The molecule has 7 heteroatoms. The van der Waals surface area contributed by atoms with E-state index >= 15 is 0 Å². The number of rotatable bonds is 5. The lowest BCUT2D eigenvalue weighted by atomic mass is 10.2. The van der Waals surface area contributed by atoms with Crippen LogP contribution in [-0.4, -0.2) is 20.1 Å². The first-order valence-corrected chi connectivity index (χ1v) is 9.02. The molecule has 2 aromatic rings. The van der Waals surface area contributed by atoms with Crippen molar-refractivity contribution in [3.05, 3.63) is 58.6 Å². The second-order valence-electron chi connectivity index (χ2n) is 4.52. The van der Waals surface area contributed by atoms with E-state index in [1.165, 1.54) is 0 Å². The Morgan fingerprint density at radius 3 is 2.32 bits per heavy atom. The van der Waals surface area contributed by atoms with E-state index in [-0.39, 0.29) is 11.7 Å². The van der Waals surface area contributed by atoms with Gasteiger partial charge in [0.2, 0.25) is 10.0 Å². The Bertz CT molecular complexity index is 774. The normalized spacial score (nSPS) is 11.0. The Kier molecular flexibility index (Phi) is 5.20. The van der Waals surface area contributed by atoms with Crippen LogP contribution in [0.5, 0.6) is 0 Å². The number of benzene rings is 2. The van der Waals surface area contributed by atoms with Gasteiger partial charge in [0.1, 0.15) is 0 Å². The molecule has 0 aliphatic rings. The Morgan fingerprint density at radius 2 is 1.73 bits per heavy atom. The highest BCUT2D eigenvalue weighted by Gasteiger charge is 2.10. The SMILES string of the molecule is CCS(=O)(=O)Nc1ccc(C(=O)Nc2ccccc2Br)cc1. The molecule has 0 radical (unpaired) electrons. The molecule has 5 nitrogen and oxygen atoms in total. The third-order valence-electron chi connectivity index (χ3n) is 2.92. The zero-order valence-electron chi connectivity index (χ0n) is 11.8. The molecule has 116 valence electrons. The molecule has 2 N–H and O–H groups in total. The van der Waals surface area contributed by atoms with Crippen LogP contribution < -0.4 is 10.0 Å². The first-order chi connectivity index (χ1) is 10.4. The lowest BCUT2D eigenvalue weighted by molar-refractivity contribution is 0.102. The third kappa shape index (κ3) is 4.32. The summed E-state index contributed by atoms with van der Waals surface area (Å²) in [6.07, 6.45) is 0. The summed E-state index contributed by atoms with van der Waals surface area (Å²) < 4.78 is 26.2. The van der Waals surface area contributed by atoms with Gasteiger partial charge in [-0.2, -0.15) is 0 Å². The molecule has 2 rings (SSSR count). The Labute approximate surface area is 137 Å². The van der Waals surface area contributed by atoms with Gasteiger partial charge in [-0.05, 0) is 59.3 Å². The Morgan fingerprint density at radius 1 is 1.09 bits per heavy atom. The molecule has 0 atom stereocenters.